The van der Waals surface area contributed by atoms with Crippen molar-refractivity contribution in [2.24, 2.45) is 0 Å². The zero-order chi connectivity index (χ0) is 12.8. The van der Waals surface area contributed by atoms with Crippen LogP contribution in [0, 0.1) is 10.1 Å². The highest BCUT2D eigenvalue weighted by molar-refractivity contribution is 6.33. The Kier molecular flexibility index (Phi) is 5.14. The first kappa shape index (κ1) is 13.7. The molecule has 1 aromatic rings. The molecule has 1 aromatic carbocycles. The van der Waals surface area contributed by atoms with E-state index in [0.717, 1.165) is 0 Å². The van der Waals surface area contributed by atoms with Crippen LogP contribution >= 0.6 is 11.6 Å². The Morgan fingerprint density at radius 1 is 1.47 bits per heavy atom. The van der Waals surface area contributed by atoms with Gasteiger partial charge in [-0.25, -0.2) is 0 Å². The molecule has 94 valence electrons. The van der Waals surface area contributed by atoms with E-state index in [4.69, 9.17) is 21.1 Å². The third-order valence-corrected chi connectivity index (χ3v) is 2.47. The molecule has 0 saturated carbocycles. The van der Waals surface area contributed by atoms with E-state index in [0.29, 0.717) is 0 Å². The van der Waals surface area contributed by atoms with Gasteiger partial charge >= 0.3 is 0 Å². The first-order valence-corrected chi connectivity index (χ1v) is 5.20. The number of anilines is 1. The van der Waals surface area contributed by atoms with Gasteiger partial charge in [0, 0.05) is 20.3 Å². The molecule has 0 spiro atoms. The number of hydrogen-bond donors (Lipinski definition) is 1. The highest BCUT2D eigenvalue weighted by atomic mass is 35.5. The molecule has 0 saturated heterocycles. The van der Waals surface area contributed by atoms with Crippen LogP contribution in [-0.2, 0) is 9.47 Å². The van der Waals surface area contributed by atoms with Crippen LogP contribution < -0.4 is 5.32 Å². The molecule has 17 heavy (non-hydrogen) atoms. The maximum atomic E-state index is 10.8. The van der Waals surface area contributed by atoms with E-state index in [2.05, 4.69) is 5.32 Å². The summed E-state index contributed by atoms with van der Waals surface area (Å²) < 4.78 is 9.93. The first-order valence-electron chi connectivity index (χ1n) is 4.82. The molecule has 7 heteroatoms. The van der Waals surface area contributed by atoms with E-state index in [9.17, 15) is 10.1 Å². The molecule has 0 heterocycles. The summed E-state index contributed by atoms with van der Waals surface area (Å²) >= 11 is 5.89. The number of benzene rings is 1. The van der Waals surface area contributed by atoms with Crippen molar-refractivity contribution < 1.29 is 14.4 Å². The number of halogens is 1. The Balaban J connectivity index is 2.85. The molecule has 6 nitrogen and oxygen atoms in total. The maximum Gasteiger partial charge on any atom is 0.293 e. The smallest absolute Gasteiger partial charge is 0.293 e. The molecule has 0 unspecified atom stereocenters. The summed E-state index contributed by atoms with van der Waals surface area (Å²) in [6.45, 7) is 0.261. The molecule has 0 bridgehead atoms. The Morgan fingerprint density at radius 3 is 2.65 bits per heavy atom. The monoisotopic (exact) mass is 260 g/mol. The van der Waals surface area contributed by atoms with E-state index in [1.54, 1.807) is 6.07 Å². The largest absolute Gasteiger partial charge is 0.373 e. The Morgan fingerprint density at radius 2 is 2.12 bits per heavy atom. The van der Waals surface area contributed by atoms with Gasteiger partial charge < -0.3 is 14.8 Å². The van der Waals surface area contributed by atoms with Crippen LogP contribution in [0.3, 0.4) is 0 Å². The summed E-state index contributed by atoms with van der Waals surface area (Å²) in [5, 5.41) is 13.9. The lowest BCUT2D eigenvalue weighted by Crippen LogP contribution is -2.24. The van der Waals surface area contributed by atoms with Gasteiger partial charge in [0.15, 0.2) is 6.29 Å². The van der Waals surface area contributed by atoms with E-state index in [1.165, 1.54) is 26.4 Å². The van der Waals surface area contributed by atoms with Crippen molar-refractivity contribution in [2.75, 3.05) is 26.1 Å². The Hall–Kier alpha value is -1.37. The van der Waals surface area contributed by atoms with E-state index in [1.807, 2.05) is 0 Å². The number of nitro benzene ring substituents is 1. The van der Waals surface area contributed by atoms with Gasteiger partial charge in [-0.15, -0.1) is 0 Å². The standard InChI is InChI=1S/C10H13ClN2O4/c1-16-9(17-2)6-12-10-7(11)4-3-5-8(10)13(14)15/h3-5,9,12H,6H2,1-2H3. The fourth-order valence-corrected chi connectivity index (χ4v) is 1.52. The minimum absolute atomic E-state index is 0.0801. The van der Waals surface area contributed by atoms with Gasteiger partial charge in [0.25, 0.3) is 5.69 Å². The first-order chi connectivity index (χ1) is 8.10. The minimum atomic E-state index is -0.497. The fourth-order valence-electron chi connectivity index (χ4n) is 1.29. The zero-order valence-corrected chi connectivity index (χ0v) is 10.2. The molecule has 0 aromatic heterocycles. The average Bonchev–Trinajstić information content (AvgIpc) is 2.31. The molecule has 0 amide bonds. The van der Waals surface area contributed by atoms with Crippen LogP contribution in [0.15, 0.2) is 18.2 Å². The van der Waals surface area contributed by atoms with Crippen LogP contribution in [0.1, 0.15) is 0 Å². The van der Waals surface area contributed by atoms with Crippen LogP contribution in [0.25, 0.3) is 0 Å². The third-order valence-electron chi connectivity index (χ3n) is 2.16. The molecule has 1 rings (SSSR count). The highest BCUT2D eigenvalue weighted by Crippen LogP contribution is 2.31. The predicted molar refractivity (Wildman–Crippen MR) is 64.4 cm³/mol. The van der Waals surface area contributed by atoms with E-state index in [-0.39, 0.29) is 22.9 Å². The Bertz CT molecular complexity index is 396. The molecule has 0 radical (unpaired) electrons. The third kappa shape index (κ3) is 3.55. The van der Waals surface area contributed by atoms with Crippen molar-refractivity contribution in [3.8, 4) is 0 Å². The van der Waals surface area contributed by atoms with Crippen molar-refractivity contribution in [2.45, 2.75) is 6.29 Å². The second-order valence-electron chi connectivity index (χ2n) is 3.17. The SMILES string of the molecule is COC(CNc1c(Cl)cccc1[N+](=O)[O-])OC. The second-order valence-corrected chi connectivity index (χ2v) is 3.58. The van der Waals surface area contributed by atoms with Crippen molar-refractivity contribution >= 4 is 23.0 Å². The van der Waals surface area contributed by atoms with Gasteiger partial charge in [-0.1, -0.05) is 17.7 Å². The molecule has 0 atom stereocenters. The zero-order valence-electron chi connectivity index (χ0n) is 9.47. The molecular weight excluding hydrogens is 248 g/mol. The van der Waals surface area contributed by atoms with Crippen molar-refractivity contribution in [3.63, 3.8) is 0 Å². The lowest BCUT2D eigenvalue weighted by molar-refractivity contribution is -0.384. The topological polar surface area (TPSA) is 73.6 Å². The summed E-state index contributed by atoms with van der Waals surface area (Å²) in [4.78, 5) is 10.3. The van der Waals surface area contributed by atoms with Gasteiger partial charge in [-0.2, -0.15) is 0 Å². The number of methoxy groups -OCH3 is 2. The summed E-state index contributed by atoms with van der Waals surface area (Å²) in [5.41, 5.74) is 0.182. The quantitative estimate of drug-likeness (QED) is 0.483. The molecule has 0 fully saturated rings. The molecule has 0 aliphatic heterocycles. The van der Waals surface area contributed by atoms with Crippen LogP contribution in [-0.4, -0.2) is 32.0 Å². The van der Waals surface area contributed by atoms with Crippen molar-refractivity contribution in [1.82, 2.24) is 0 Å². The lowest BCUT2D eigenvalue weighted by Gasteiger charge is -2.15. The summed E-state index contributed by atoms with van der Waals surface area (Å²) in [6, 6.07) is 4.48. The normalized spacial score (nSPS) is 10.6. The van der Waals surface area contributed by atoms with Gasteiger partial charge in [0.2, 0.25) is 0 Å². The average molecular weight is 261 g/mol. The molecule has 1 N–H and O–H groups in total. The fraction of sp³-hybridized carbons (Fsp3) is 0.400. The molecule has 0 aliphatic rings. The highest BCUT2D eigenvalue weighted by Gasteiger charge is 2.17. The van der Waals surface area contributed by atoms with Gasteiger partial charge in [0.05, 0.1) is 16.5 Å². The number of nitro groups is 1. The Labute approximate surface area is 104 Å². The predicted octanol–water partition coefficient (Wildman–Crippen LogP) is 2.28. The summed E-state index contributed by atoms with van der Waals surface area (Å²) in [6.07, 6.45) is -0.495. The number of nitrogens with zero attached hydrogens (tertiary/aromatic N) is 1. The van der Waals surface area contributed by atoms with Crippen LogP contribution in [0.2, 0.25) is 5.02 Å². The maximum absolute atomic E-state index is 10.8. The number of ether oxygens (including phenoxy) is 2. The second kappa shape index (κ2) is 6.39. The van der Waals surface area contributed by atoms with Crippen LogP contribution in [0.4, 0.5) is 11.4 Å². The van der Waals surface area contributed by atoms with Crippen molar-refractivity contribution in [3.05, 3.63) is 33.3 Å². The van der Waals surface area contributed by atoms with Crippen LogP contribution in [0.5, 0.6) is 0 Å². The van der Waals surface area contributed by atoms with Gasteiger partial charge in [-0.3, -0.25) is 10.1 Å². The minimum Gasteiger partial charge on any atom is -0.373 e. The number of hydrogen-bond acceptors (Lipinski definition) is 5. The number of nitrogens with one attached hydrogen (secondary N) is 1. The van der Waals surface area contributed by atoms with Crippen molar-refractivity contribution in [1.29, 1.82) is 0 Å². The lowest BCUT2D eigenvalue weighted by atomic mass is 10.2. The number of para-hydroxylation sites is 1. The summed E-state index contributed by atoms with van der Waals surface area (Å²) in [5.74, 6) is 0. The van der Waals surface area contributed by atoms with Gasteiger partial charge in [0.1, 0.15) is 5.69 Å². The van der Waals surface area contributed by atoms with Gasteiger partial charge in [-0.05, 0) is 6.07 Å². The van der Waals surface area contributed by atoms with E-state index >= 15 is 0 Å². The molecular formula is C10H13ClN2O4. The van der Waals surface area contributed by atoms with E-state index < -0.39 is 11.2 Å². The number of rotatable bonds is 6. The summed E-state index contributed by atoms with van der Waals surface area (Å²) in [7, 11) is 2.97. The molecule has 0 aliphatic carbocycles.